The lowest BCUT2D eigenvalue weighted by atomic mass is 10.3. The number of benzene rings is 2. The maximum Gasteiger partial charge on any atom is 0.199 e. The topological polar surface area (TPSA) is 45.6 Å². The zero-order valence-electron chi connectivity index (χ0n) is 11.1. The predicted molar refractivity (Wildman–Crippen MR) is 87.5 cm³/mol. The Morgan fingerprint density at radius 1 is 1.10 bits per heavy atom. The number of hydrogen-bond acceptors (Lipinski definition) is 3. The van der Waals surface area contributed by atoms with Crippen molar-refractivity contribution < 1.29 is 0 Å². The molecule has 0 bridgehead atoms. The number of hydrogen-bond donors (Lipinski definition) is 2. The van der Waals surface area contributed by atoms with E-state index in [4.69, 9.17) is 23.8 Å². The molecule has 2 N–H and O–H groups in total. The SMILES string of the molecule is S=c1[nH]nc(CNc2ccccc2Cl)n1-c1ccccc1. The molecule has 0 aliphatic heterocycles. The third kappa shape index (κ3) is 2.99. The molecule has 0 saturated carbocycles. The molecule has 3 aromatic rings. The molecule has 0 spiro atoms. The molecule has 0 radical (unpaired) electrons. The molecule has 1 heterocycles. The average molecular weight is 317 g/mol. The molecule has 0 aliphatic carbocycles. The molecule has 6 heteroatoms. The van der Waals surface area contributed by atoms with Crippen LogP contribution in [0.3, 0.4) is 0 Å². The van der Waals surface area contributed by atoms with Crippen molar-refractivity contribution in [3.8, 4) is 5.69 Å². The maximum atomic E-state index is 6.13. The fourth-order valence-corrected chi connectivity index (χ4v) is 2.53. The highest BCUT2D eigenvalue weighted by molar-refractivity contribution is 7.71. The summed E-state index contributed by atoms with van der Waals surface area (Å²) in [4.78, 5) is 0. The summed E-state index contributed by atoms with van der Waals surface area (Å²) in [7, 11) is 0. The van der Waals surface area contributed by atoms with E-state index >= 15 is 0 Å². The number of aromatic nitrogens is 3. The Labute approximate surface area is 132 Å². The third-order valence-corrected chi connectivity index (χ3v) is 3.67. The summed E-state index contributed by atoms with van der Waals surface area (Å²) < 4.78 is 2.47. The summed E-state index contributed by atoms with van der Waals surface area (Å²) in [6, 6.07) is 17.5. The van der Waals surface area contributed by atoms with E-state index in [-0.39, 0.29) is 0 Å². The standard InChI is InChI=1S/C15H13ClN4S/c16-12-8-4-5-9-13(12)17-10-14-18-19-15(21)20(14)11-6-2-1-3-7-11/h1-9,17H,10H2,(H,19,21). The highest BCUT2D eigenvalue weighted by Crippen LogP contribution is 2.21. The largest absolute Gasteiger partial charge is 0.377 e. The van der Waals surface area contributed by atoms with Gasteiger partial charge in [0.2, 0.25) is 0 Å². The number of anilines is 1. The lowest BCUT2D eigenvalue weighted by Crippen LogP contribution is -2.07. The number of H-pyrrole nitrogens is 1. The van der Waals surface area contributed by atoms with E-state index in [1.54, 1.807) is 0 Å². The minimum absolute atomic E-state index is 0.520. The minimum atomic E-state index is 0.520. The Bertz CT molecular complexity index is 795. The first-order valence-corrected chi connectivity index (χ1v) is 7.24. The Kier molecular flexibility index (Phi) is 4.03. The normalized spacial score (nSPS) is 10.5. The second-order valence-corrected chi connectivity index (χ2v) is 5.24. The monoisotopic (exact) mass is 316 g/mol. The van der Waals surface area contributed by atoms with Crippen molar-refractivity contribution in [3.05, 3.63) is 70.2 Å². The molecule has 0 atom stereocenters. The quantitative estimate of drug-likeness (QED) is 0.709. The van der Waals surface area contributed by atoms with Gasteiger partial charge in [-0.2, -0.15) is 5.10 Å². The fraction of sp³-hybridized carbons (Fsp3) is 0.0667. The molecule has 4 nitrogen and oxygen atoms in total. The van der Waals surface area contributed by atoms with Gasteiger partial charge in [0.25, 0.3) is 0 Å². The van der Waals surface area contributed by atoms with Crippen molar-refractivity contribution in [1.29, 1.82) is 0 Å². The zero-order valence-corrected chi connectivity index (χ0v) is 12.7. The van der Waals surface area contributed by atoms with Crippen LogP contribution in [-0.2, 0) is 6.54 Å². The molecular formula is C15H13ClN4S. The number of nitrogens with one attached hydrogen (secondary N) is 2. The first-order valence-electron chi connectivity index (χ1n) is 6.46. The molecule has 1 aromatic heterocycles. The van der Waals surface area contributed by atoms with Crippen LogP contribution in [0.1, 0.15) is 5.82 Å². The van der Waals surface area contributed by atoms with Gasteiger partial charge in [0.1, 0.15) is 0 Å². The van der Waals surface area contributed by atoms with Crippen molar-refractivity contribution in [3.63, 3.8) is 0 Å². The first-order chi connectivity index (χ1) is 10.3. The highest BCUT2D eigenvalue weighted by atomic mass is 35.5. The minimum Gasteiger partial charge on any atom is -0.377 e. The lowest BCUT2D eigenvalue weighted by Gasteiger charge is -2.09. The van der Waals surface area contributed by atoms with Crippen LogP contribution in [0.25, 0.3) is 5.69 Å². The Morgan fingerprint density at radius 3 is 2.57 bits per heavy atom. The Balaban J connectivity index is 1.88. The van der Waals surface area contributed by atoms with E-state index < -0.39 is 0 Å². The number of para-hydroxylation sites is 2. The molecule has 0 fully saturated rings. The van der Waals surface area contributed by atoms with Gasteiger partial charge in [0, 0.05) is 5.69 Å². The smallest absolute Gasteiger partial charge is 0.199 e. The summed E-state index contributed by atoms with van der Waals surface area (Å²) in [5.74, 6) is 0.797. The van der Waals surface area contributed by atoms with Crippen molar-refractivity contribution in [1.82, 2.24) is 14.8 Å². The van der Waals surface area contributed by atoms with Gasteiger partial charge in [-0.25, -0.2) is 0 Å². The molecule has 2 aromatic carbocycles. The molecule has 106 valence electrons. The van der Waals surface area contributed by atoms with Crippen molar-refractivity contribution >= 4 is 29.5 Å². The van der Waals surface area contributed by atoms with E-state index in [1.165, 1.54) is 0 Å². The van der Waals surface area contributed by atoms with Crippen LogP contribution in [0.2, 0.25) is 5.02 Å². The van der Waals surface area contributed by atoms with E-state index in [2.05, 4.69) is 15.5 Å². The molecule has 3 rings (SSSR count). The Hall–Kier alpha value is -2.11. The van der Waals surface area contributed by atoms with Gasteiger partial charge in [-0.1, -0.05) is 41.9 Å². The summed E-state index contributed by atoms with van der Waals surface area (Å²) in [6.07, 6.45) is 0. The highest BCUT2D eigenvalue weighted by Gasteiger charge is 2.08. The molecule has 0 unspecified atom stereocenters. The van der Waals surface area contributed by atoms with Crippen LogP contribution in [0.4, 0.5) is 5.69 Å². The third-order valence-electron chi connectivity index (χ3n) is 3.07. The van der Waals surface area contributed by atoms with Gasteiger partial charge < -0.3 is 5.32 Å². The Morgan fingerprint density at radius 2 is 1.81 bits per heavy atom. The van der Waals surface area contributed by atoms with Crippen LogP contribution in [-0.4, -0.2) is 14.8 Å². The van der Waals surface area contributed by atoms with Crippen LogP contribution < -0.4 is 5.32 Å². The van der Waals surface area contributed by atoms with Gasteiger partial charge >= 0.3 is 0 Å². The molecule has 21 heavy (non-hydrogen) atoms. The summed E-state index contributed by atoms with van der Waals surface area (Å²) >= 11 is 11.4. The number of rotatable bonds is 4. The van der Waals surface area contributed by atoms with E-state index in [0.717, 1.165) is 17.2 Å². The van der Waals surface area contributed by atoms with Crippen molar-refractivity contribution in [2.75, 3.05) is 5.32 Å². The summed E-state index contributed by atoms with van der Waals surface area (Å²) in [6.45, 7) is 0.520. The van der Waals surface area contributed by atoms with Crippen molar-refractivity contribution in [2.45, 2.75) is 6.54 Å². The second kappa shape index (κ2) is 6.11. The van der Waals surface area contributed by atoms with Crippen LogP contribution in [0.15, 0.2) is 54.6 Å². The molecular weight excluding hydrogens is 304 g/mol. The van der Waals surface area contributed by atoms with Gasteiger partial charge in [-0.05, 0) is 36.5 Å². The number of nitrogens with zero attached hydrogens (tertiary/aromatic N) is 2. The number of aromatic amines is 1. The lowest BCUT2D eigenvalue weighted by molar-refractivity contribution is 0.888. The maximum absolute atomic E-state index is 6.13. The average Bonchev–Trinajstić information content (AvgIpc) is 2.88. The molecule has 0 saturated heterocycles. The van der Waals surface area contributed by atoms with E-state index in [1.807, 2.05) is 59.2 Å². The van der Waals surface area contributed by atoms with Crippen LogP contribution in [0, 0.1) is 4.77 Å². The molecule has 0 aliphatic rings. The van der Waals surface area contributed by atoms with Crippen molar-refractivity contribution in [2.24, 2.45) is 0 Å². The van der Waals surface area contributed by atoms with Gasteiger partial charge in [0.15, 0.2) is 10.6 Å². The predicted octanol–water partition coefficient (Wildman–Crippen LogP) is 4.20. The summed E-state index contributed by atoms with van der Waals surface area (Å²) in [5.41, 5.74) is 1.85. The van der Waals surface area contributed by atoms with E-state index in [9.17, 15) is 0 Å². The number of halogens is 1. The summed E-state index contributed by atoms with van der Waals surface area (Å²) in [5, 5.41) is 11.1. The van der Waals surface area contributed by atoms with E-state index in [0.29, 0.717) is 16.3 Å². The second-order valence-electron chi connectivity index (χ2n) is 4.45. The van der Waals surface area contributed by atoms with Gasteiger partial charge in [0.05, 0.1) is 17.3 Å². The molecule has 0 amide bonds. The first kappa shape index (κ1) is 13.9. The van der Waals surface area contributed by atoms with Gasteiger partial charge in [-0.15, -0.1) is 0 Å². The van der Waals surface area contributed by atoms with Crippen LogP contribution >= 0.6 is 23.8 Å². The zero-order chi connectivity index (χ0) is 14.7. The van der Waals surface area contributed by atoms with Crippen LogP contribution in [0.5, 0.6) is 0 Å². The van der Waals surface area contributed by atoms with Gasteiger partial charge in [-0.3, -0.25) is 9.67 Å². The fourth-order valence-electron chi connectivity index (χ4n) is 2.07.